The zero-order valence-electron chi connectivity index (χ0n) is 72.5. The summed E-state index contributed by atoms with van der Waals surface area (Å²) in [6.07, 6.45) is 91.7. The first-order valence-electron chi connectivity index (χ1n) is 47.9. The van der Waals surface area contributed by atoms with Gasteiger partial charge in [0.05, 0.1) is 5.41 Å². The van der Waals surface area contributed by atoms with E-state index in [9.17, 15) is 34.5 Å². The Morgan fingerprint density at radius 3 is 0.704 bits per heavy atom. The number of carboxylic acid groups (broad SMARTS) is 3. The van der Waals surface area contributed by atoms with E-state index in [1.165, 1.54) is 250 Å². The van der Waals surface area contributed by atoms with Crippen molar-refractivity contribution < 1.29 is 48.8 Å². The highest BCUT2D eigenvalue weighted by molar-refractivity contribution is 5.92. The van der Waals surface area contributed by atoms with E-state index in [-0.39, 0.29) is 32.1 Å². The van der Waals surface area contributed by atoms with Crippen LogP contribution in [0, 0.1) is 16.7 Å². The summed E-state index contributed by atoms with van der Waals surface area (Å²) in [6.45, 7) is 10.6. The lowest BCUT2D eigenvalue weighted by Crippen LogP contribution is -2.62. The second-order valence-electron chi connectivity index (χ2n) is 33.7. The van der Waals surface area contributed by atoms with E-state index in [1.807, 2.05) is 0 Å². The molecule has 0 aliphatic rings. The summed E-state index contributed by atoms with van der Waals surface area (Å²) in [4.78, 5) is 73.3. The minimum absolute atomic E-state index is 0.00180. The quantitative estimate of drug-likeness (QED) is 0.0303. The second kappa shape index (κ2) is 81.6. The number of hydrogen-bond acceptors (Lipinski definition) is 7. The first-order valence-corrected chi connectivity index (χ1v) is 47.9. The molecule has 0 spiro atoms. The number of unbranched alkanes of at least 4 members (excludes halogenated alkanes) is 64. The highest BCUT2D eigenvalue weighted by Crippen LogP contribution is 2.57. The standard InChI is InChI=1S/C98H182O10/c1-6-11-16-21-26-31-36-41-46-51-56-61-66-71-76-81-86-97(95(103)104,87-82-77-72-67-62-57-52-47-42-37-32-27-22-17-12-7-2)98(96(105)106,88-83-78-73-68-63-58-53-48-43-38-33-28-23-18-13-8-3)93(94(101)102)90(108-92(100)85-80-75-70-65-60-55-50-45-40-35-30-25-20-15-10-5)89-107-91(99)84-79-74-69-64-59-54-49-44-39-34-29-24-19-14-9-4/h41-43,46-48,90,93H,6-40,44-45,49-89H2,1-5H3,(H,101,102)(H,103,104)(H,105,106). The van der Waals surface area contributed by atoms with E-state index in [1.54, 1.807) is 0 Å². The maximum absolute atomic E-state index is 15.2. The van der Waals surface area contributed by atoms with Gasteiger partial charge in [0, 0.05) is 12.8 Å². The van der Waals surface area contributed by atoms with Gasteiger partial charge in [0.2, 0.25) is 0 Å². The van der Waals surface area contributed by atoms with E-state index < -0.39 is 59.3 Å². The highest BCUT2D eigenvalue weighted by Gasteiger charge is 2.68. The van der Waals surface area contributed by atoms with Crippen LogP contribution in [0.25, 0.3) is 0 Å². The topological polar surface area (TPSA) is 164 Å². The van der Waals surface area contributed by atoms with Crippen molar-refractivity contribution in [3.05, 3.63) is 36.5 Å². The number of aliphatic carboxylic acids is 3. The molecule has 108 heavy (non-hydrogen) atoms. The van der Waals surface area contributed by atoms with Gasteiger partial charge in [-0.3, -0.25) is 24.0 Å². The molecular weight excluding hydrogens is 1340 g/mol. The first-order chi connectivity index (χ1) is 52.9. The van der Waals surface area contributed by atoms with Gasteiger partial charge in [-0.25, -0.2) is 0 Å². The first kappa shape index (κ1) is 105. The molecule has 0 rings (SSSR count). The molecule has 3 N–H and O–H groups in total. The number of rotatable bonds is 89. The lowest BCUT2D eigenvalue weighted by Gasteiger charge is -2.50. The fourth-order valence-corrected chi connectivity index (χ4v) is 16.8. The molecule has 0 heterocycles. The maximum atomic E-state index is 15.2. The number of esters is 2. The molecule has 0 bridgehead atoms. The van der Waals surface area contributed by atoms with Gasteiger partial charge in [0.25, 0.3) is 0 Å². The number of carboxylic acids is 3. The van der Waals surface area contributed by atoms with Gasteiger partial charge in [0.15, 0.2) is 6.10 Å². The molecular formula is C98H182O10. The molecule has 0 saturated carbocycles. The van der Waals surface area contributed by atoms with Crippen LogP contribution in [0.15, 0.2) is 36.5 Å². The van der Waals surface area contributed by atoms with Gasteiger partial charge < -0.3 is 24.8 Å². The lowest BCUT2D eigenvalue weighted by atomic mass is 9.50. The molecule has 10 nitrogen and oxygen atoms in total. The summed E-state index contributed by atoms with van der Waals surface area (Å²) in [5, 5.41) is 36.5. The normalized spacial score (nSPS) is 13.6. The van der Waals surface area contributed by atoms with Crippen molar-refractivity contribution in [1.29, 1.82) is 0 Å². The monoisotopic (exact) mass is 1520 g/mol. The van der Waals surface area contributed by atoms with Crippen molar-refractivity contribution in [1.82, 2.24) is 0 Å². The molecule has 0 radical (unpaired) electrons. The maximum Gasteiger partial charge on any atom is 0.311 e. The molecule has 0 aromatic heterocycles. The summed E-state index contributed by atoms with van der Waals surface area (Å²) < 4.78 is 12.4. The molecule has 10 heteroatoms. The van der Waals surface area contributed by atoms with Crippen molar-refractivity contribution in [3.8, 4) is 0 Å². The van der Waals surface area contributed by atoms with E-state index in [2.05, 4.69) is 71.1 Å². The molecule has 0 aliphatic heterocycles. The Labute approximate surface area is 669 Å². The average molecular weight is 1520 g/mol. The van der Waals surface area contributed by atoms with Crippen LogP contribution in [0.4, 0.5) is 0 Å². The van der Waals surface area contributed by atoms with Gasteiger partial charge in [0.1, 0.15) is 17.9 Å². The average Bonchev–Trinajstić information content (AvgIpc) is 0.723. The summed E-state index contributed by atoms with van der Waals surface area (Å²) >= 11 is 0. The Morgan fingerprint density at radius 2 is 0.472 bits per heavy atom. The molecule has 0 amide bonds. The molecule has 3 atom stereocenters. The minimum atomic E-state index is -2.42. The van der Waals surface area contributed by atoms with Crippen molar-refractivity contribution >= 4 is 29.8 Å². The third-order valence-corrected chi connectivity index (χ3v) is 23.8. The van der Waals surface area contributed by atoms with Crippen molar-refractivity contribution in [2.75, 3.05) is 6.61 Å². The Morgan fingerprint density at radius 1 is 0.259 bits per heavy atom. The van der Waals surface area contributed by atoms with Crippen LogP contribution >= 0.6 is 0 Å². The Balaban J connectivity index is 7.13. The number of hydrogen-bond donors (Lipinski definition) is 3. The van der Waals surface area contributed by atoms with Gasteiger partial charge in [-0.1, -0.05) is 443 Å². The van der Waals surface area contributed by atoms with Crippen molar-refractivity contribution in [3.63, 3.8) is 0 Å². The van der Waals surface area contributed by atoms with Gasteiger partial charge in [-0.15, -0.1) is 0 Å². The van der Waals surface area contributed by atoms with Crippen LogP contribution < -0.4 is 0 Å². The number of carbonyl (C=O) groups excluding carboxylic acids is 2. The third kappa shape index (κ3) is 61.1. The number of carbonyl (C=O) groups is 5. The number of ether oxygens (including phenoxy) is 2. The zero-order chi connectivity index (χ0) is 78.9. The predicted molar refractivity (Wildman–Crippen MR) is 463 cm³/mol. The summed E-state index contributed by atoms with van der Waals surface area (Å²) in [5.41, 5.74) is -4.46. The predicted octanol–water partition coefficient (Wildman–Crippen LogP) is 32.1. The molecule has 0 saturated heterocycles. The van der Waals surface area contributed by atoms with Crippen molar-refractivity contribution in [2.45, 2.75) is 535 Å². The fourth-order valence-electron chi connectivity index (χ4n) is 16.8. The molecule has 0 aliphatic carbocycles. The lowest BCUT2D eigenvalue weighted by molar-refractivity contribution is -0.204. The van der Waals surface area contributed by atoms with E-state index in [0.717, 1.165) is 161 Å². The van der Waals surface area contributed by atoms with Crippen LogP contribution in [-0.2, 0) is 33.4 Å². The van der Waals surface area contributed by atoms with Gasteiger partial charge >= 0.3 is 29.8 Å². The largest absolute Gasteiger partial charge is 0.481 e. The summed E-state index contributed by atoms with van der Waals surface area (Å²) in [7, 11) is 0. The van der Waals surface area contributed by atoms with Crippen LogP contribution in [-0.4, -0.2) is 57.9 Å². The summed E-state index contributed by atoms with van der Waals surface area (Å²) in [6, 6.07) is 0. The molecule has 0 aromatic rings. The van der Waals surface area contributed by atoms with Crippen LogP contribution in [0.2, 0.25) is 0 Å². The Hall–Kier alpha value is -3.43. The SMILES string of the molecule is CCCCCCCCC=CCCCCCCCCC(CCCCCCCCC=CCCCCCCCC)(C(=O)O)C(CCCCCCCCC=CCCCCCCCC)(C(=O)O)C(C(=O)O)C(COC(=O)CCCCCCCCCCCCCCCCC)OC(=O)CCCCCCCCCCCCCCCCC. The van der Waals surface area contributed by atoms with E-state index >= 15 is 4.79 Å². The fraction of sp³-hybridized carbons (Fsp3) is 0.888. The highest BCUT2D eigenvalue weighted by atomic mass is 16.6. The molecule has 3 unspecified atom stereocenters. The van der Waals surface area contributed by atoms with Crippen molar-refractivity contribution in [2.24, 2.45) is 16.7 Å². The molecule has 0 aromatic carbocycles. The van der Waals surface area contributed by atoms with Crippen LogP contribution in [0.5, 0.6) is 0 Å². The number of allylic oxidation sites excluding steroid dienone is 6. The second-order valence-corrected chi connectivity index (χ2v) is 33.7. The third-order valence-electron chi connectivity index (χ3n) is 23.8. The molecule has 634 valence electrons. The van der Waals surface area contributed by atoms with Gasteiger partial charge in [-0.05, 0) is 109 Å². The van der Waals surface area contributed by atoms with Crippen LogP contribution in [0.3, 0.4) is 0 Å². The Kier molecular flexibility index (Phi) is 79.0. The molecule has 0 fully saturated rings. The summed E-state index contributed by atoms with van der Waals surface area (Å²) in [5.74, 6) is -7.54. The minimum Gasteiger partial charge on any atom is -0.481 e. The smallest absolute Gasteiger partial charge is 0.311 e. The van der Waals surface area contributed by atoms with Gasteiger partial charge in [-0.2, -0.15) is 0 Å². The van der Waals surface area contributed by atoms with E-state index in [0.29, 0.717) is 51.4 Å². The Bertz CT molecular complexity index is 2020. The van der Waals surface area contributed by atoms with Crippen LogP contribution in [0.1, 0.15) is 529 Å². The van der Waals surface area contributed by atoms with E-state index in [4.69, 9.17) is 9.47 Å². The zero-order valence-corrected chi connectivity index (χ0v) is 72.5.